The minimum atomic E-state index is -0.231. The molecule has 1 aliphatic rings. The van der Waals surface area contributed by atoms with Gasteiger partial charge in [-0.1, -0.05) is 24.3 Å². The van der Waals surface area contributed by atoms with Crippen LogP contribution in [0.4, 0.5) is 14.9 Å². The summed E-state index contributed by atoms with van der Waals surface area (Å²) in [6.07, 6.45) is 3.09. The van der Waals surface area contributed by atoms with Gasteiger partial charge in [-0.2, -0.15) is 0 Å². The highest BCUT2D eigenvalue weighted by Gasteiger charge is 2.20. The van der Waals surface area contributed by atoms with Gasteiger partial charge in [-0.3, -0.25) is 4.79 Å². The predicted octanol–water partition coefficient (Wildman–Crippen LogP) is 5.54. The van der Waals surface area contributed by atoms with Crippen molar-refractivity contribution in [1.82, 2.24) is 15.2 Å². The molecule has 35 heavy (non-hydrogen) atoms. The van der Waals surface area contributed by atoms with Crippen molar-refractivity contribution in [3.8, 4) is 10.6 Å². The lowest BCUT2D eigenvalue weighted by molar-refractivity contribution is 0.102. The van der Waals surface area contributed by atoms with Crippen molar-refractivity contribution in [2.24, 2.45) is 5.92 Å². The molecular formula is C27H31FN4O2S. The number of aromatic nitrogens is 1. The van der Waals surface area contributed by atoms with Crippen molar-refractivity contribution in [2.45, 2.75) is 33.1 Å². The number of piperidine rings is 1. The zero-order chi connectivity index (χ0) is 24.8. The molecule has 1 aromatic heterocycles. The fraction of sp³-hybridized carbons (Fsp3) is 0.370. The first kappa shape index (κ1) is 25.0. The normalized spacial score (nSPS) is 16.1. The minimum Gasteiger partial charge on any atom is -0.338 e. The second kappa shape index (κ2) is 11.6. The van der Waals surface area contributed by atoms with E-state index in [1.54, 1.807) is 6.92 Å². The molecule has 1 unspecified atom stereocenters. The Balaban J connectivity index is 1.26. The summed E-state index contributed by atoms with van der Waals surface area (Å²) in [5, 5.41) is 6.69. The number of carbonyl (C=O) groups is 2. The number of ketones is 1. The number of nitrogens with zero attached hydrogens (tertiary/aromatic N) is 2. The number of carbonyl (C=O) groups excluding carboxylic acids is 2. The van der Waals surface area contributed by atoms with Gasteiger partial charge >= 0.3 is 6.03 Å². The van der Waals surface area contributed by atoms with Crippen molar-refractivity contribution in [1.29, 1.82) is 0 Å². The van der Waals surface area contributed by atoms with Crippen LogP contribution in [0, 0.1) is 18.7 Å². The molecule has 2 heterocycles. The molecular weight excluding hydrogens is 463 g/mol. The maximum absolute atomic E-state index is 13.1. The number of Topliss-reactive ketones (excluding diaryl/α,β-unsaturated/α-hetero) is 1. The van der Waals surface area contributed by atoms with Gasteiger partial charge in [0.05, 0.1) is 10.6 Å². The lowest BCUT2D eigenvalue weighted by Gasteiger charge is -2.32. The van der Waals surface area contributed by atoms with Crippen molar-refractivity contribution < 1.29 is 14.0 Å². The van der Waals surface area contributed by atoms with Crippen LogP contribution in [0.1, 0.15) is 40.7 Å². The van der Waals surface area contributed by atoms with Crippen LogP contribution in [0.5, 0.6) is 0 Å². The topological polar surface area (TPSA) is 74.3 Å². The number of nitrogens with one attached hydrogen (secondary N) is 2. The van der Waals surface area contributed by atoms with E-state index in [0.717, 1.165) is 60.7 Å². The molecule has 0 radical (unpaired) electrons. The molecule has 0 bridgehead atoms. The number of thiazole rings is 1. The Morgan fingerprint density at radius 1 is 1.20 bits per heavy atom. The summed E-state index contributed by atoms with van der Waals surface area (Å²) >= 11 is 1.37. The number of likely N-dealkylation sites (tertiary alicyclic amines) is 1. The number of hydrogen-bond acceptors (Lipinski definition) is 5. The number of aryl methyl sites for hydroxylation is 1. The van der Waals surface area contributed by atoms with E-state index in [4.69, 9.17) is 0 Å². The van der Waals surface area contributed by atoms with Gasteiger partial charge in [-0.25, -0.2) is 14.2 Å². The SMILES string of the molecule is CC(=O)c1sc(-c2cccc(NC(=O)NCC3CCCN(CCc4ccc(F)cc4)C3)c2)nc1C. The molecule has 3 aromatic rings. The van der Waals surface area contributed by atoms with E-state index < -0.39 is 0 Å². The smallest absolute Gasteiger partial charge is 0.319 e. The number of urea groups is 1. The third-order valence-corrected chi connectivity index (χ3v) is 7.58. The van der Waals surface area contributed by atoms with Gasteiger partial charge in [0.15, 0.2) is 5.78 Å². The quantitative estimate of drug-likeness (QED) is 0.404. The van der Waals surface area contributed by atoms with Crippen LogP contribution in [-0.2, 0) is 6.42 Å². The fourth-order valence-electron chi connectivity index (χ4n) is 4.45. The Labute approximate surface area is 209 Å². The summed E-state index contributed by atoms with van der Waals surface area (Å²) in [7, 11) is 0. The van der Waals surface area contributed by atoms with E-state index in [1.165, 1.54) is 23.5 Å². The highest BCUT2D eigenvalue weighted by atomic mass is 32.1. The van der Waals surface area contributed by atoms with Crippen molar-refractivity contribution in [3.05, 3.63) is 70.5 Å². The molecule has 1 aliphatic heterocycles. The Hall–Kier alpha value is -3.10. The Morgan fingerprint density at radius 2 is 2.00 bits per heavy atom. The van der Waals surface area contributed by atoms with Crippen LogP contribution in [-0.4, -0.2) is 47.9 Å². The number of hydrogen-bond donors (Lipinski definition) is 2. The number of rotatable bonds is 8. The summed E-state index contributed by atoms with van der Waals surface area (Å²) in [5.74, 6) is 0.206. The van der Waals surface area contributed by atoms with Gasteiger partial charge in [-0.15, -0.1) is 11.3 Å². The third kappa shape index (κ3) is 6.96. The van der Waals surface area contributed by atoms with E-state index in [9.17, 15) is 14.0 Å². The molecule has 1 fully saturated rings. The molecule has 1 saturated heterocycles. The largest absolute Gasteiger partial charge is 0.338 e. The zero-order valence-electron chi connectivity index (χ0n) is 20.1. The maximum Gasteiger partial charge on any atom is 0.319 e. The predicted molar refractivity (Wildman–Crippen MR) is 139 cm³/mol. The number of halogens is 1. The van der Waals surface area contributed by atoms with E-state index >= 15 is 0 Å². The summed E-state index contributed by atoms with van der Waals surface area (Å²) in [6, 6.07) is 14.0. The first-order valence-corrected chi connectivity index (χ1v) is 12.8. The second-order valence-corrected chi connectivity index (χ2v) is 10.1. The Bertz CT molecular complexity index is 1180. The molecule has 184 valence electrons. The van der Waals surface area contributed by atoms with Crippen LogP contribution < -0.4 is 10.6 Å². The summed E-state index contributed by atoms with van der Waals surface area (Å²) < 4.78 is 13.1. The molecule has 4 rings (SSSR count). The highest BCUT2D eigenvalue weighted by molar-refractivity contribution is 7.17. The van der Waals surface area contributed by atoms with E-state index in [-0.39, 0.29) is 17.6 Å². The molecule has 2 N–H and O–H groups in total. The molecule has 0 aliphatic carbocycles. The molecule has 8 heteroatoms. The minimum absolute atomic E-state index is 0.0108. The van der Waals surface area contributed by atoms with E-state index in [0.29, 0.717) is 23.0 Å². The molecule has 2 amide bonds. The van der Waals surface area contributed by atoms with Crippen molar-refractivity contribution >= 4 is 28.8 Å². The van der Waals surface area contributed by atoms with Crippen molar-refractivity contribution in [3.63, 3.8) is 0 Å². The standard InChI is InChI=1S/C27H31FN4O2S/c1-18-25(19(2)33)35-26(30-18)22-6-3-7-24(15-22)31-27(34)29-16-21-5-4-13-32(17-21)14-12-20-8-10-23(28)11-9-20/h3,6-11,15,21H,4-5,12-14,16-17H2,1-2H3,(H2,29,31,34). The number of amides is 2. The van der Waals surface area contributed by atoms with Gasteiger partial charge < -0.3 is 15.5 Å². The van der Waals surface area contributed by atoms with Crippen LogP contribution in [0.15, 0.2) is 48.5 Å². The van der Waals surface area contributed by atoms with Crippen LogP contribution >= 0.6 is 11.3 Å². The van der Waals surface area contributed by atoms with Gasteiger partial charge in [0.2, 0.25) is 0 Å². The second-order valence-electron chi connectivity index (χ2n) is 9.09. The van der Waals surface area contributed by atoms with Crippen LogP contribution in [0.25, 0.3) is 10.6 Å². The lowest BCUT2D eigenvalue weighted by Crippen LogP contribution is -2.42. The third-order valence-electron chi connectivity index (χ3n) is 6.27. The molecule has 0 spiro atoms. The Morgan fingerprint density at radius 3 is 2.74 bits per heavy atom. The first-order chi connectivity index (χ1) is 16.9. The molecule has 2 aromatic carbocycles. The summed E-state index contributed by atoms with van der Waals surface area (Å²) in [4.78, 5) is 31.9. The van der Waals surface area contributed by atoms with Gasteiger partial charge in [-0.05, 0) is 68.5 Å². The van der Waals surface area contributed by atoms with Crippen LogP contribution in [0.3, 0.4) is 0 Å². The average Bonchev–Trinajstić information content (AvgIpc) is 3.25. The molecule has 6 nitrogen and oxygen atoms in total. The maximum atomic E-state index is 13.1. The first-order valence-electron chi connectivity index (χ1n) is 12.0. The monoisotopic (exact) mass is 494 g/mol. The van der Waals surface area contributed by atoms with Gasteiger partial charge in [0.1, 0.15) is 10.8 Å². The van der Waals surface area contributed by atoms with Crippen LogP contribution in [0.2, 0.25) is 0 Å². The summed E-state index contributed by atoms with van der Waals surface area (Å²) in [5.41, 5.74) is 3.42. The van der Waals surface area contributed by atoms with Gasteiger partial charge in [0, 0.05) is 37.8 Å². The summed E-state index contributed by atoms with van der Waals surface area (Å²) in [6.45, 7) is 6.93. The average molecular weight is 495 g/mol. The van der Waals surface area contributed by atoms with E-state index in [2.05, 4.69) is 20.5 Å². The number of benzene rings is 2. The highest BCUT2D eigenvalue weighted by Crippen LogP contribution is 2.29. The van der Waals surface area contributed by atoms with Gasteiger partial charge in [0.25, 0.3) is 0 Å². The molecule has 0 saturated carbocycles. The molecule has 1 atom stereocenters. The lowest BCUT2D eigenvalue weighted by atomic mass is 9.97. The zero-order valence-corrected chi connectivity index (χ0v) is 21.0. The van der Waals surface area contributed by atoms with E-state index in [1.807, 2.05) is 43.3 Å². The van der Waals surface area contributed by atoms with Crippen molar-refractivity contribution in [2.75, 3.05) is 31.5 Å². The fourth-order valence-corrected chi connectivity index (χ4v) is 5.41. The number of anilines is 1. The Kier molecular flexibility index (Phi) is 8.25.